The minimum Gasteiger partial charge on any atom is -0.464 e. The predicted octanol–water partition coefficient (Wildman–Crippen LogP) is 5.70. The van der Waals surface area contributed by atoms with E-state index in [1.807, 2.05) is 6.08 Å². The molecule has 0 heterocycles. The number of carbonyl (C=O) groups is 2. The quantitative estimate of drug-likeness (QED) is 0.204. The summed E-state index contributed by atoms with van der Waals surface area (Å²) in [4.78, 5) is 22.9. The maximum atomic E-state index is 11.8. The second-order valence-electron chi connectivity index (χ2n) is 7.04. The number of amides is 1. The summed E-state index contributed by atoms with van der Waals surface area (Å²) in [6, 6.07) is -0.568. The fraction of sp³-hybridized carbons (Fsp3) is 0.818. The Hall–Kier alpha value is -1.32. The van der Waals surface area contributed by atoms with Gasteiger partial charge in [0.1, 0.15) is 6.04 Å². The number of carbonyl (C=O) groups excluding carboxylic acids is 2. The SMILES string of the molecule is CCCCCCCCCCCCC/C=C/CC(NC(C)=O)C(=O)OCC. The van der Waals surface area contributed by atoms with Crippen LogP contribution >= 0.6 is 0 Å². The third-order valence-electron chi connectivity index (χ3n) is 4.46. The van der Waals surface area contributed by atoms with Crippen molar-refractivity contribution < 1.29 is 14.3 Å². The zero-order valence-electron chi connectivity index (χ0n) is 17.4. The monoisotopic (exact) mass is 367 g/mol. The normalized spacial score (nSPS) is 12.3. The van der Waals surface area contributed by atoms with Gasteiger partial charge < -0.3 is 10.1 Å². The summed E-state index contributed by atoms with van der Waals surface area (Å²) in [6.45, 7) is 5.78. The molecule has 26 heavy (non-hydrogen) atoms. The highest BCUT2D eigenvalue weighted by atomic mass is 16.5. The molecule has 0 bridgehead atoms. The van der Waals surface area contributed by atoms with Crippen LogP contribution in [0.15, 0.2) is 12.2 Å². The Labute approximate surface area is 161 Å². The Morgan fingerprint density at radius 3 is 1.88 bits per heavy atom. The average Bonchev–Trinajstić information content (AvgIpc) is 2.60. The van der Waals surface area contributed by atoms with E-state index >= 15 is 0 Å². The van der Waals surface area contributed by atoms with E-state index in [9.17, 15) is 9.59 Å². The van der Waals surface area contributed by atoms with Gasteiger partial charge in [-0.2, -0.15) is 0 Å². The summed E-state index contributed by atoms with van der Waals surface area (Å²) >= 11 is 0. The highest BCUT2D eigenvalue weighted by molar-refractivity contribution is 5.83. The van der Waals surface area contributed by atoms with Crippen molar-refractivity contribution in [1.82, 2.24) is 5.32 Å². The molecule has 0 rings (SSSR count). The van der Waals surface area contributed by atoms with Gasteiger partial charge >= 0.3 is 5.97 Å². The molecule has 1 amide bonds. The van der Waals surface area contributed by atoms with Gasteiger partial charge in [0, 0.05) is 6.92 Å². The molecule has 4 nitrogen and oxygen atoms in total. The summed E-state index contributed by atoms with van der Waals surface area (Å²) in [5, 5.41) is 2.65. The lowest BCUT2D eigenvalue weighted by atomic mass is 10.1. The van der Waals surface area contributed by atoms with E-state index in [1.54, 1.807) is 6.92 Å². The second kappa shape index (κ2) is 18.5. The maximum absolute atomic E-state index is 11.8. The van der Waals surface area contributed by atoms with Crippen molar-refractivity contribution in [3.05, 3.63) is 12.2 Å². The van der Waals surface area contributed by atoms with Crippen molar-refractivity contribution in [1.29, 1.82) is 0 Å². The Bertz CT molecular complexity index is 380. The molecule has 0 saturated heterocycles. The van der Waals surface area contributed by atoms with Crippen molar-refractivity contribution in [2.45, 2.75) is 110 Å². The Morgan fingerprint density at radius 2 is 1.38 bits per heavy atom. The van der Waals surface area contributed by atoms with Crippen LogP contribution in [0.3, 0.4) is 0 Å². The van der Waals surface area contributed by atoms with Gasteiger partial charge in [-0.25, -0.2) is 4.79 Å². The third kappa shape index (κ3) is 16.2. The van der Waals surface area contributed by atoms with E-state index in [1.165, 1.54) is 77.6 Å². The van der Waals surface area contributed by atoms with Crippen LogP contribution < -0.4 is 5.32 Å². The first kappa shape index (κ1) is 24.7. The molecule has 0 spiro atoms. The van der Waals surface area contributed by atoms with Gasteiger partial charge in [0.15, 0.2) is 0 Å². The number of ether oxygens (including phenoxy) is 1. The molecular weight excluding hydrogens is 326 g/mol. The first-order valence-corrected chi connectivity index (χ1v) is 10.7. The van der Waals surface area contributed by atoms with E-state index in [0.717, 1.165) is 6.42 Å². The van der Waals surface area contributed by atoms with E-state index in [-0.39, 0.29) is 11.9 Å². The van der Waals surface area contributed by atoms with Crippen LogP contribution in [-0.4, -0.2) is 24.5 Å². The van der Waals surface area contributed by atoms with Crippen LogP contribution in [0, 0.1) is 0 Å². The molecule has 0 saturated carbocycles. The first-order valence-electron chi connectivity index (χ1n) is 10.7. The number of allylic oxidation sites excluding steroid dienone is 1. The number of nitrogens with one attached hydrogen (secondary N) is 1. The van der Waals surface area contributed by atoms with Gasteiger partial charge in [0.2, 0.25) is 5.91 Å². The van der Waals surface area contributed by atoms with Crippen molar-refractivity contribution >= 4 is 11.9 Å². The molecule has 1 N–H and O–H groups in total. The minimum atomic E-state index is -0.568. The smallest absolute Gasteiger partial charge is 0.328 e. The van der Waals surface area contributed by atoms with Crippen molar-refractivity contribution in [2.24, 2.45) is 0 Å². The van der Waals surface area contributed by atoms with Gasteiger partial charge in [-0.3, -0.25) is 4.79 Å². The minimum absolute atomic E-state index is 0.207. The molecule has 1 unspecified atom stereocenters. The van der Waals surface area contributed by atoms with Gasteiger partial charge in [0.05, 0.1) is 6.61 Å². The molecular formula is C22H41NO3. The lowest BCUT2D eigenvalue weighted by molar-refractivity contribution is -0.147. The fourth-order valence-electron chi connectivity index (χ4n) is 2.98. The van der Waals surface area contributed by atoms with E-state index in [0.29, 0.717) is 13.0 Å². The van der Waals surface area contributed by atoms with Crippen molar-refractivity contribution in [3.8, 4) is 0 Å². The molecule has 0 fully saturated rings. The summed E-state index contributed by atoms with van der Waals surface area (Å²) in [5.41, 5.74) is 0. The topological polar surface area (TPSA) is 55.4 Å². The zero-order valence-corrected chi connectivity index (χ0v) is 17.4. The summed E-state index contributed by atoms with van der Waals surface area (Å²) in [5.74, 6) is -0.566. The molecule has 4 heteroatoms. The first-order chi connectivity index (χ1) is 12.6. The zero-order chi connectivity index (χ0) is 19.5. The molecule has 0 aliphatic carbocycles. The lowest BCUT2D eigenvalue weighted by Crippen LogP contribution is -2.40. The predicted molar refractivity (Wildman–Crippen MR) is 109 cm³/mol. The van der Waals surface area contributed by atoms with Crippen LogP contribution in [0.4, 0.5) is 0 Å². The average molecular weight is 368 g/mol. The summed E-state index contributed by atoms with van der Waals surface area (Å²) in [6.07, 6.45) is 20.4. The second-order valence-corrected chi connectivity index (χ2v) is 7.04. The highest BCUT2D eigenvalue weighted by Crippen LogP contribution is 2.12. The van der Waals surface area contributed by atoms with Crippen LogP contribution in [-0.2, 0) is 14.3 Å². The summed E-state index contributed by atoms with van der Waals surface area (Å²) < 4.78 is 4.99. The van der Waals surface area contributed by atoms with Crippen LogP contribution in [0.25, 0.3) is 0 Å². The van der Waals surface area contributed by atoms with Gasteiger partial charge in [-0.15, -0.1) is 0 Å². The van der Waals surface area contributed by atoms with E-state index in [4.69, 9.17) is 4.74 Å². The molecule has 0 aliphatic heterocycles. The highest BCUT2D eigenvalue weighted by Gasteiger charge is 2.18. The Balaban J connectivity index is 3.60. The van der Waals surface area contributed by atoms with Crippen LogP contribution in [0.2, 0.25) is 0 Å². The Morgan fingerprint density at radius 1 is 0.846 bits per heavy atom. The molecule has 0 aliphatic rings. The molecule has 0 aromatic carbocycles. The number of hydrogen-bond acceptors (Lipinski definition) is 3. The van der Waals surface area contributed by atoms with E-state index in [2.05, 4.69) is 18.3 Å². The Kier molecular flexibility index (Phi) is 17.5. The van der Waals surface area contributed by atoms with Gasteiger partial charge in [0.25, 0.3) is 0 Å². The molecule has 152 valence electrons. The molecule has 0 aromatic rings. The molecule has 0 aromatic heterocycles. The third-order valence-corrected chi connectivity index (χ3v) is 4.46. The molecule has 1 atom stereocenters. The van der Waals surface area contributed by atoms with Gasteiger partial charge in [-0.1, -0.05) is 83.3 Å². The van der Waals surface area contributed by atoms with Crippen LogP contribution in [0.1, 0.15) is 104 Å². The maximum Gasteiger partial charge on any atom is 0.328 e. The van der Waals surface area contributed by atoms with Crippen molar-refractivity contribution in [3.63, 3.8) is 0 Å². The summed E-state index contributed by atoms with van der Waals surface area (Å²) in [7, 11) is 0. The van der Waals surface area contributed by atoms with Crippen LogP contribution in [0.5, 0.6) is 0 Å². The lowest BCUT2D eigenvalue weighted by Gasteiger charge is -2.14. The number of esters is 1. The number of unbranched alkanes of at least 4 members (excludes halogenated alkanes) is 11. The largest absolute Gasteiger partial charge is 0.464 e. The van der Waals surface area contributed by atoms with Gasteiger partial charge in [-0.05, 0) is 26.2 Å². The fourth-order valence-corrected chi connectivity index (χ4v) is 2.98. The standard InChI is InChI=1S/C22H41NO3/c1-4-6-7-8-9-10-11-12-13-14-15-16-17-18-19-21(23-20(3)24)22(25)26-5-2/h17-18,21H,4-16,19H2,1-3H3,(H,23,24)/b18-17+. The van der Waals surface area contributed by atoms with Crippen molar-refractivity contribution in [2.75, 3.05) is 6.61 Å². The number of hydrogen-bond donors (Lipinski definition) is 1. The molecule has 0 radical (unpaired) electrons. The van der Waals surface area contributed by atoms with E-state index < -0.39 is 6.04 Å². The number of rotatable bonds is 17.